The van der Waals surface area contributed by atoms with Gasteiger partial charge in [0.05, 0.1) is 0 Å². The van der Waals surface area contributed by atoms with Gasteiger partial charge < -0.3 is 5.32 Å². The molecule has 0 aromatic heterocycles. The minimum atomic E-state index is -0.681. The van der Waals surface area contributed by atoms with Crippen LogP contribution in [-0.2, 0) is 10.8 Å². The van der Waals surface area contributed by atoms with E-state index in [-0.39, 0.29) is 5.25 Å². The van der Waals surface area contributed by atoms with Crippen molar-refractivity contribution >= 4 is 22.6 Å². The second-order valence-corrected chi connectivity index (χ2v) is 6.65. The third-order valence-corrected chi connectivity index (χ3v) is 4.99. The van der Waals surface area contributed by atoms with Crippen molar-refractivity contribution in [1.29, 1.82) is 0 Å². The maximum Gasteiger partial charge on any atom is 0.0441 e. The van der Waals surface area contributed by atoms with Gasteiger partial charge in [-0.1, -0.05) is 0 Å². The largest absolute Gasteiger partial charge is 0.315 e. The quantitative estimate of drug-likeness (QED) is 0.754. The number of rotatable bonds is 5. The summed E-state index contributed by atoms with van der Waals surface area (Å²) in [6, 6.07) is 0. The number of hydrogen-bond acceptors (Lipinski definition) is 3. The lowest BCUT2D eigenvalue weighted by molar-refractivity contribution is 0.523. The highest BCUT2D eigenvalue weighted by molar-refractivity contribution is 7.99. The molecule has 1 rings (SSSR count). The van der Waals surface area contributed by atoms with Crippen molar-refractivity contribution in [3.05, 3.63) is 0 Å². The molecule has 13 heavy (non-hydrogen) atoms. The highest BCUT2D eigenvalue weighted by atomic mass is 32.2. The molecule has 1 aliphatic heterocycles. The van der Waals surface area contributed by atoms with Gasteiger partial charge >= 0.3 is 0 Å². The van der Waals surface area contributed by atoms with E-state index < -0.39 is 10.8 Å². The zero-order valence-electron chi connectivity index (χ0n) is 8.41. The van der Waals surface area contributed by atoms with Crippen LogP contribution in [0, 0.1) is 5.92 Å². The molecule has 3 unspecified atom stereocenters. The maximum atomic E-state index is 11.0. The van der Waals surface area contributed by atoms with Crippen LogP contribution in [0.2, 0.25) is 0 Å². The van der Waals surface area contributed by atoms with Crippen molar-refractivity contribution in [2.45, 2.75) is 18.6 Å². The molecule has 3 atom stereocenters. The van der Waals surface area contributed by atoms with E-state index in [1.807, 2.05) is 18.7 Å². The summed E-state index contributed by atoms with van der Waals surface area (Å²) in [5.41, 5.74) is 0. The van der Waals surface area contributed by atoms with Gasteiger partial charge in [-0.15, -0.1) is 0 Å². The van der Waals surface area contributed by atoms with E-state index in [2.05, 4.69) is 5.32 Å². The highest BCUT2D eigenvalue weighted by Crippen LogP contribution is 2.22. The van der Waals surface area contributed by atoms with E-state index in [1.165, 1.54) is 17.9 Å². The highest BCUT2D eigenvalue weighted by Gasteiger charge is 2.15. The average Bonchev–Trinajstić information content (AvgIpc) is 2.56. The van der Waals surface area contributed by atoms with E-state index in [9.17, 15) is 4.21 Å². The lowest BCUT2D eigenvalue weighted by Gasteiger charge is -2.12. The summed E-state index contributed by atoms with van der Waals surface area (Å²) in [4.78, 5) is 0. The number of hydrogen-bond donors (Lipinski definition) is 1. The first-order valence-corrected chi connectivity index (χ1v) is 7.58. The Kier molecular flexibility index (Phi) is 5.36. The fraction of sp³-hybridized carbons (Fsp3) is 1.00. The molecule has 2 nitrogen and oxygen atoms in total. The van der Waals surface area contributed by atoms with Crippen LogP contribution < -0.4 is 5.32 Å². The molecule has 1 aliphatic rings. The molecule has 1 fully saturated rings. The summed E-state index contributed by atoms with van der Waals surface area (Å²) < 4.78 is 11.0. The summed E-state index contributed by atoms with van der Waals surface area (Å²) >= 11 is 2.05. The molecule has 0 aromatic rings. The van der Waals surface area contributed by atoms with Crippen LogP contribution in [0.1, 0.15) is 13.3 Å². The van der Waals surface area contributed by atoms with Crippen molar-refractivity contribution in [2.24, 2.45) is 5.92 Å². The van der Waals surface area contributed by atoms with E-state index in [0.29, 0.717) is 0 Å². The molecule has 0 radical (unpaired) electrons. The fourth-order valence-corrected chi connectivity index (χ4v) is 2.99. The van der Waals surface area contributed by atoms with E-state index in [0.717, 1.165) is 19.0 Å². The monoisotopic (exact) mass is 221 g/mol. The Morgan fingerprint density at radius 2 is 2.46 bits per heavy atom. The van der Waals surface area contributed by atoms with Crippen molar-refractivity contribution in [2.75, 3.05) is 30.9 Å². The fourth-order valence-electron chi connectivity index (χ4n) is 1.35. The molecule has 0 spiro atoms. The zero-order chi connectivity index (χ0) is 9.68. The molecule has 4 heteroatoms. The molecule has 0 amide bonds. The average molecular weight is 221 g/mol. The lowest BCUT2D eigenvalue weighted by atomic mass is 10.1. The normalized spacial score (nSPS) is 27.4. The van der Waals surface area contributed by atoms with Gasteiger partial charge in [-0.25, -0.2) is 0 Å². The van der Waals surface area contributed by atoms with Crippen LogP contribution in [-0.4, -0.2) is 40.3 Å². The van der Waals surface area contributed by atoms with Crippen LogP contribution in [0.25, 0.3) is 0 Å². The summed E-state index contributed by atoms with van der Waals surface area (Å²) in [6.45, 7) is 4.03. The zero-order valence-corrected chi connectivity index (χ0v) is 10.0. The van der Waals surface area contributed by atoms with E-state index in [4.69, 9.17) is 0 Å². The second kappa shape index (κ2) is 6.04. The SMILES string of the molecule is CC(CNCC1CCSC1)S(C)=O. The first-order valence-electron chi connectivity index (χ1n) is 4.81. The van der Waals surface area contributed by atoms with Gasteiger partial charge in [0.1, 0.15) is 0 Å². The first-order chi connectivity index (χ1) is 6.20. The van der Waals surface area contributed by atoms with Crippen LogP contribution in [0.3, 0.4) is 0 Å². The first kappa shape index (κ1) is 11.5. The molecular formula is C9H19NOS2. The van der Waals surface area contributed by atoms with Crippen molar-refractivity contribution < 1.29 is 4.21 Å². The Balaban J connectivity index is 2.02. The van der Waals surface area contributed by atoms with Gasteiger partial charge in [-0.3, -0.25) is 4.21 Å². The molecule has 0 aliphatic carbocycles. The summed E-state index contributed by atoms with van der Waals surface area (Å²) in [6.07, 6.45) is 3.12. The second-order valence-electron chi connectivity index (χ2n) is 3.70. The Labute approximate surface area is 87.7 Å². The molecule has 1 saturated heterocycles. The number of nitrogens with one attached hydrogen (secondary N) is 1. The molecule has 1 N–H and O–H groups in total. The predicted octanol–water partition coefficient (Wildman–Crippen LogP) is 1.10. The van der Waals surface area contributed by atoms with Crippen LogP contribution >= 0.6 is 11.8 Å². The molecule has 0 bridgehead atoms. The van der Waals surface area contributed by atoms with E-state index >= 15 is 0 Å². The van der Waals surface area contributed by atoms with Gasteiger partial charge in [-0.05, 0) is 37.3 Å². The third-order valence-electron chi connectivity index (χ3n) is 2.46. The van der Waals surface area contributed by atoms with Crippen LogP contribution in [0.5, 0.6) is 0 Å². The Hall–Kier alpha value is 0.460. The van der Waals surface area contributed by atoms with Crippen molar-refractivity contribution in [3.63, 3.8) is 0 Å². The smallest absolute Gasteiger partial charge is 0.0441 e. The molecule has 0 saturated carbocycles. The van der Waals surface area contributed by atoms with Gasteiger partial charge in [-0.2, -0.15) is 11.8 Å². The summed E-state index contributed by atoms with van der Waals surface area (Å²) in [5, 5.41) is 3.69. The standard InChI is InChI=1S/C9H19NOS2/c1-8(13(2)11)5-10-6-9-3-4-12-7-9/h8-10H,3-7H2,1-2H3. The maximum absolute atomic E-state index is 11.0. The van der Waals surface area contributed by atoms with Crippen molar-refractivity contribution in [1.82, 2.24) is 5.32 Å². The molecule has 0 aromatic carbocycles. The molecule has 1 heterocycles. The van der Waals surface area contributed by atoms with Gasteiger partial charge in [0.2, 0.25) is 0 Å². The van der Waals surface area contributed by atoms with Gasteiger partial charge in [0.15, 0.2) is 0 Å². The Morgan fingerprint density at radius 1 is 1.69 bits per heavy atom. The van der Waals surface area contributed by atoms with Crippen LogP contribution in [0.4, 0.5) is 0 Å². The Bertz CT molecular complexity index is 169. The van der Waals surface area contributed by atoms with Gasteiger partial charge in [0, 0.05) is 28.9 Å². The van der Waals surface area contributed by atoms with Crippen LogP contribution in [0.15, 0.2) is 0 Å². The minimum Gasteiger partial charge on any atom is -0.315 e. The van der Waals surface area contributed by atoms with E-state index in [1.54, 1.807) is 6.26 Å². The lowest BCUT2D eigenvalue weighted by Crippen LogP contribution is -2.31. The van der Waals surface area contributed by atoms with Gasteiger partial charge in [0.25, 0.3) is 0 Å². The van der Waals surface area contributed by atoms with Crippen molar-refractivity contribution in [3.8, 4) is 0 Å². The third kappa shape index (κ3) is 4.47. The molecule has 78 valence electrons. The molecular weight excluding hydrogens is 202 g/mol. The predicted molar refractivity (Wildman–Crippen MR) is 61.8 cm³/mol. The summed E-state index contributed by atoms with van der Waals surface area (Å²) in [5.74, 6) is 3.47. The number of thioether (sulfide) groups is 1. The Morgan fingerprint density at radius 3 is 3.00 bits per heavy atom. The summed E-state index contributed by atoms with van der Waals surface area (Å²) in [7, 11) is -0.681. The topological polar surface area (TPSA) is 29.1 Å². The minimum absolute atomic E-state index is 0.286.